The van der Waals surface area contributed by atoms with Crippen LogP contribution < -0.4 is 10.6 Å². The number of aliphatic imine (C=N–C) groups is 1. The van der Waals surface area contributed by atoms with E-state index in [1.807, 2.05) is 24.6 Å². The van der Waals surface area contributed by atoms with Gasteiger partial charge in [0.15, 0.2) is 5.96 Å². The van der Waals surface area contributed by atoms with Crippen LogP contribution in [-0.4, -0.2) is 42.5 Å². The van der Waals surface area contributed by atoms with Gasteiger partial charge in [-0.15, -0.1) is 6.58 Å². The molecule has 0 bridgehead atoms. The molecule has 0 saturated heterocycles. The number of aromatic nitrogens is 2. The van der Waals surface area contributed by atoms with Crippen LogP contribution in [-0.2, 0) is 17.8 Å². The van der Waals surface area contributed by atoms with Gasteiger partial charge in [0.1, 0.15) is 0 Å². The molecule has 0 fully saturated rings. The van der Waals surface area contributed by atoms with Crippen molar-refractivity contribution in [1.29, 1.82) is 0 Å². The number of hydrogen-bond donors (Lipinski definition) is 2. The van der Waals surface area contributed by atoms with Gasteiger partial charge in [-0.05, 0) is 20.8 Å². The first kappa shape index (κ1) is 17.2. The highest BCUT2D eigenvalue weighted by atomic mass is 16.5. The number of rotatable bonds is 8. The number of guanidine groups is 1. The summed E-state index contributed by atoms with van der Waals surface area (Å²) >= 11 is 0. The summed E-state index contributed by atoms with van der Waals surface area (Å²) in [6.07, 6.45) is 1.81. The molecule has 6 heteroatoms. The van der Waals surface area contributed by atoms with Crippen LogP contribution in [0.1, 0.15) is 23.9 Å². The molecule has 0 aliphatic rings. The van der Waals surface area contributed by atoms with E-state index in [9.17, 15) is 0 Å². The van der Waals surface area contributed by atoms with Gasteiger partial charge in [0.2, 0.25) is 0 Å². The first-order chi connectivity index (χ1) is 10.1. The Kier molecular flexibility index (Phi) is 7.53. The SMILES string of the molecule is C=CCNC(=NCc1c(C)nn(CCOC)c1C)NCC. The molecule has 21 heavy (non-hydrogen) atoms. The molecule has 0 radical (unpaired) electrons. The van der Waals surface area contributed by atoms with Gasteiger partial charge < -0.3 is 15.4 Å². The molecule has 0 atom stereocenters. The number of hydrogen-bond acceptors (Lipinski definition) is 3. The van der Waals surface area contributed by atoms with Crippen molar-refractivity contribution < 1.29 is 4.74 Å². The molecule has 0 spiro atoms. The number of methoxy groups -OCH3 is 1. The molecule has 0 amide bonds. The van der Waals surface area contributed by atoms with Gasteiger partial charge in [-0.25, -0.2) is 4.99 Å². The normalized spacial score (nSPS) is 11.5. The van der Waals surface area contributed by atoms with Gasteiger partial charge in [-0.2, -0.15) is 5.10 Å². The van der Waals surface area contributed by atoms with E-state index >= 15 is 0 Å². The second kappa shape index (κ2) is 9.18. The Morgan fingerprint density at radius 3 is 2.81 bits per heavy atom. The first-order valence-corrected chi connectivity index (χ1v) is 7.28. The number of aryl methyl sites for hydroxylation is 1. The fourth-order valence-electron chi connectivity index (χ4n) is 2.03. The van der Waals surface area contributed by atoms with Crippen LogP contribution in [0.4, 0.5) is 0 Å². The average Bonchev–Trinajstić information content (AvgIpc) is 2.74. The Hall–Kier alpha value is -1.82. The van der Waals surface area contributed by atoms with E-state index in [-0.39, 0.29) is 0 Å². The fraction of sp³-hybridized carbons (Fsp3) is 0.600. The molecule has 0 saturated carbocycles. The predicted molar refractivity (Wildman–Crippen MR) is 86.6 cm³/mol. The van der Waals surface area contributed by atoms with Crippen molar-refractivity contribution in [3.8, 4) is 0 Å². The summed E-state index contributed by atoms with van der Waals surface area (Å²) in [5, 5.41) is 11.0. The van der Waals surface area contributed by atoms with Crippen molar-refractivity contribution in [1.82, 2.24) is 20.4 Å². The zero-order valence-corrected chi connectivity index (χ0v) is 13.6. The van der Waals surface area contributed by atoms with Crippen LogP contribution in [0.2, 0.25) is 0 Å². The lowest BCUT2D eigenvalue weighted by molar-refractivity contribution is 0.182. The van der Waals surface area contributed by atoms with E-state index in [4.69, 9.17) is 4.74 Å². The Morgan fingerprint density at radius 2 is 2.19 bits per heavy atom. The minimum atomic E-state index is 0.608. The summed E-state index contributed by atoms with van der Waals surface area (Å²) in [4.78, 5) is 4.60. The van der Waals surface area contributed by atoms with Crippen molar-refractivity contribution >= 4 is 5.96 Å². The van der Waals surface area contributed by atoms with Crippen LogP contribution in [0.3, 0.4) is 0 Å². The van der Waals surface area contributed by atoms with Crippen LogP contribution in [0.15, 0.2) is 17.6 Å². The van der Waals surface area contributed by atoms with Gasteiger partial charge in [0.25, 0.3) is 0 Å². The maximum atomic E-state index is 5.11. The summed E-state index contributed by atoms with van der Waals surface area (Å²) in [6, 6.07) is 0. The summed E-state index contributed by atoms with van der Waals surface area (Å²) in [5.74, 6) is 0.792. The van der Waals surface area contributed by atoms with Gasteiger partial charge in [0.05, 0.1) is 25.4 Å². The quantitative estimate of drug-likeness (QED) is 0.432. The average molecular weight is 293 g/mol. The molecule has 1 aromatic heterocycles. The number of ether oxygens (including phenoxy) is 1. The fourth-order valence-corrected chi connectivity index (χ4v) is 2.03. The molecule has 1 rings (SSSR count). The standard InChI is InChI=1S/C15H27N5O/c1-6-8-17-15(16-7-2)18-11-14-12(3)19-20(13(14)4)9-10-21-5/h6H,1,7-11H2,2-5H3,(H2,16,17,18). The molecule has 0 aliphatic heterocycles. The molecular weight excluding hydrogens is 266 g/mol. The van der Waals surface area contributed by atoms with Gasteiger partial charge in [-0.3, -0.25) is 4.68 Å². The summed E-state index contributed by atoms with van der Waals surface area (Å²) < 4.78 is 7.09. The number of nitrogens with one attached hydrogen (secondary N) is 2. The third-order valence-corrected chi connectivity index (χ3v) is 3.19. The smallest absolute Gasteiger partial charge is 0.191 e. The van der Waals surface area contributed by atoms with Crippen molar-refractivity contribution in [3.63, 3.8) is 0 Å². The monoisotopic (exact) mass is 293 g/mol. The van der Waals surface area contributed by atoms with Gasteiger partial charge in [0, 0.05) is 31.5 Å². The molecule has 2 N–H and O–H groups in total. The van der Waals surface area contributed by atoms with Gasteiger partial charge >= 0.3 is 0 Å². The second-order valence-electron chi connectivity index (χ2n) is 4.73. The zero-order chi connectivity index (χ0) is 15.7. The Labute approximate surface area is 127 Å². The molecule has 0 aromatic carbocycles. The zero-order valence-electron chi connectivity index (χ0n) is 13.6. The van der Waals surface area contributed by atoms with Crippen LogP contribution in [0.25, 0.3) is 0 Å². The lowest BCUT2D eigenvalue weighted by Gasteiger charge is -2.09. The molecular formula is C15H27N5O. The highest BCUT2D eigenvalue weighted by Gasteiger charge is 2.11. The third kappa shape index (κ3) is 5.23. The second-order valence-corrected chi connectivity index (χ2v) is 4.73. The molecule has 1 heterocycles. The first-order valence-electron chi connectivity index (χ1n) is 7.28. The van der Waals surface area contributed by atoms with Gasteiger partial charge in [-0.1, -0.05) is 6.08 Å². The molecule has 1 aromatic rings. The van der Waals surface area contributed by atoms with Crippen molar-refractivity contribution in [2.45, 2.75) is 33.9 Å². The summed E-state index contributed by atoms with van der Waals surface area (Å²) in [5.41, 5.74) is 3.33. The van der Waals surface area contributed by atoms with Crippen LogP contribution in [0, 0.1) is 13.8 Å². The topological polar surface area (TPSA) is 63.5 Å². The van der Waals surface area contributed by atoms with Crippen molar-refractivity contribution in [3.05, 3.63) is 29.6 Å². The van der Waals surface area contributed by atoms with E-state index in [1.165, 1.54) is 5.56 Å². The minimum absolute atomic E-state index is 0.608. The number of nitrogens with zero attached hydrogens (tertiary/aromatic N) is 3. The van der Waals surface area contributed by atoms with Crippen molar-refractivity contribution in [2.24, 2.45) is 4.99 Å². The molecule has 0 aliphatic carbocycles. The Balaban J connectivity index is 2.80. The van der Waals surface area contributed by atoms with E-state index < -0.39 is 0 Å². The highest BCUT2D eigenvalue weighted by Crippen LogP contribution is 2.14. The Morgan fingerprint density at radius 1 is 1.43 bits per heavy atom. The minimum Gasteiger partial charge on any atom is -0.383 e. The lowest BCUT2D eigenvalue weighted by atomic mass is 10.2. The molecule has 6 nitrogen and oxygen atoms in total. The summed E-state index contributed by atoms with van der Waals surface area (Å²) in [6.45, 7) is 13.4. The largest absolute Gasteiger partial charge is 0.383 e. The van der Waals surface area contributed by atoms with Crippen molar-refractivity contribution in [2.75, 3.05) is 26.8 Å². The maximum absolute atomic E-state index is 5.11. The summed E-state index contributed by atoms with van der Waals surface area (Å²) in [7, 11) is 1.70. The maximum Gasteiger partial charge on any atom is 0.191 e. The van der Waals surface area contributed by atoms with E-state index in [0.717, 1.165) is 30.4 Å². The lowest BCUT2D eigenvalue weighted by Crippen LogP contribution is -2.37. The highest BCUT2D eigenvalue weighted by molar-refractivity contribution is 5.79. The van der Waals surface area contributed by atoms with Crippen LogP contribution >= 0.6 is 0 Å². The van der Waals surface area contributed by atoms with E-state index in [1.54, 1.807) is 7.11 Å². The Bertz CT molecular complexity index is 479. The molecule has 118 valence electrons. The predicted octanol–water partition coefficient (Wildman–Crippen LogP) is 1.39. The van der Waals surface area contributed by atoms with Crippen LogP contribution in [0.5, 0.6) is 0 Å². The van der Waals surface area contributed by atoms with E-state index in [0.29, 0.717) is 19.7 Å². The third-order valence-electron chi connectivity index (χ3n) is 3.19. The van der Waals surface area contributed by atoms with E-state index in [2.05, 4.69) is 34.2 Å². The molecule has 0 unspecified atom stereocenters.